The van der Waals surface area contributed by atoms with Gasteiger partial charge in [-0.25, -0.2) is 0 Å². The molecule has 0 atom stereocenters. The van der Waals surface area contributed by atoms with Crippen LogP contribution in [0.3, 0.4) is 0 Å². The Balaban J connectivity index is 0.00000338. The second kappa shape index (κ2) is 14.8. The number of fused-ring (bicyclic) bond motifs is 1. The van der Waals surface area contributed by atoms with Crippen molar-refractivity contribution in [2.45, 2.75) is 96.8 Å². The van der Waals surface area contributed by atoms with Gasteiger partial charge in [-0.2, -0.15) is 0 Å². The molecule has 26 heavy (non-hydrogen) atoms. The van der Waals surface area contributed by atoms with Crippen molar-refractivity contribution in [3.63, 3.8) is 0 Å². The molecule has 0 saturated carbocycles. The minimum atomic E-state index is 0. The molecule has 0 fully saturated rings. The molecule has 0 saturated heterocycles. The summed E-state index contributed by atoms with van der Waals surface area (Å²) < 4.78 is 0. The molecule has 1 nitrogen and oxygen atoms in total. The van der Waals surface area contributed by atoms with Crippen LogP contribution in [0.2, 0.25) is 0 Å². The predicted octanol–water partition coefficient (Wildman–Crippen LogP) is 7.65. The van der Waals surface area contributed by atoms with Gasteiger partial charge in [-0.3, -0.25) is 0 Å². The third kappa shape index (κ3) is 8.85. The molecule has 146 valence electrons. The molecule has 2 aromatic carbocycles. The summed E-state index contributed by atoms with van der Waals surface area (Å²) in [5.74, 6) is 0. The molecule has 0 amide bonds. The Kier molecular flexibility index (Phi) is 12.9. The van der Waals surface area contributed by atoms with Crippen LogP contribution in [0.15, 0.2) is 42.5 Å². The van der Waals surface area contributed by atoms with Gasteiger partial charge in [0.05, 0.1) is 0 Å². The Bertz CT molecular complexity index is 570. The van der Waals surface area contributed by atoms with Crippen molar-refractivity contribution in [2.75, 3.05) is 0 Å². The van der Waals surface area contributed by atoms with E-state index < -0.39 is 0 Å². The van der Waals surface area contributed by atoms with E-state index in [4.69, 9.17) is 0 Å². The number of benzene rings is 2. The zero-order valence-corrected chi connectivity index (χ0v) is 16.9. The van der Waals surface area contributed by atoms with Crippen LogP contribution in [0.4, 0.5) is 0 Å². The van der Waals surface area contributed by atoms with E-state index in [0.717, 1.165) is 0 Å². The lowest BCUT2D eigenvalue weighted by atomic mass is 9.99. The molecule has 2 rings (SSSR count). The zero-order chi connectivity index (χ0) is 17.6. The van der Waals surface area contributed by atoms with Crippen molar-refractivity contribution in [3.8, 4) is 0 Å². The van der Waals surface area contributed by atoms with Crippen molar-refractivity contribution in [2.24, 2.45) is 0 Å². The van der Waals surface area contributed by atoms with Crippen LogP contribution in [0.1, 0.15) is 96.0 Å². The van der Waals surface area contributed by atoms with Crippen LogP contribution in [-0.2, 0) is 6.42 Å². The first-order valence-electron chi connectivity index (χ1n) is 10.9. The minimum absolute atomic E-state index is 0. The molecule has 0 spiro atoms. The standard InChI is InChI=1S/C25H38.H2O/c1-2-3-4-5-6-7-8-9-10-11-12-13-14-18-23-20-17-21-24-19-15-16-22-25(23)24;/h15-17,19-22H,2-14,18H2,1H3;1H2. The van der Waals surface area contributed by atoms with Gasteiger partial charge in [0.1, 0.15) is 0 Å². The lowest BCUT2D eigenvalue weighted by molar-refractivity contribution is 0.539. The number of rotatable bonds is 14. The third-order valence-electron chi connectivity index (χ3n) is 5.43. The molecule has 0 unspecified atom stereocenters. The normalized spacial score (nSPS) is 10.8. The fourth-order valence-corrected chi connectivity index (χ4v) is 3.84. The quantitative estimate of drug-likeness (QED) is 0.311. The van der Waals surface area contributed by atoms with Crippen LogP contribution in [0, 0.1) is 0 Å². The summed E-state index contributed by atoms with van der Waals surface area (Å²) >= 11 is 0. The number of hydrogen-bond donors (Lipinski definition) is 0. The van der Waals surface area contributed by atoms with E-state index in [1.165, 1.54) is 106 Å². The van der Waals surface area contributed by atoms with Crippen molar-refractivity contribution < 1.29 is 5.48 Å². The van der Waals surface area contributed by atoms with E-state index >= 15 is 0 Å². The van der Waals surface area contributed by atoms with Crippen LogP contribution in [0.25, 0.3) is 10.8 Å². The highest BCUT2D eigenvalue weighted by molar-refractivity contribution is 5.85. The molecular formula is C25H40O. The lowest BCUT2D eigenvalue weighted by Crippen LogP contribution is -1.88. The Morgan fingerprint density at radius 2 is 1.04 bits per heavy atom. The summed E-state index contributed by atoms with van der Waals surface area (Å²) in [6.45, 7) is 2.29. The lowest BCUT2D eigenvalue weighted by Gasteiger charge is -2.07. The Morgan fingerprint density at radius 1 is 0.538 bits per heavy atom. The van der Waals surface area contributed by atoms with Crippen LogP contribution in [0.5, 0.6) is 0 Å². The van der Waals surface area contributed by atoms with E-state index in [-0.39, 0.29) is 5.48 Å². The average molecular weight is 357 g/mol. The molecule has 2 aromatic rings. The topological polar surface area (TPSA) is 31.5 Å². The monoisotopic (exact) mass is 356 g/mol. The van der Waals surface area contributed by atoms with Gasteiger partial charge < -0.3 is 5.48 Å². The van der Waals surface area contributed by atoms with Crippen LogP contribution < -0.4 is 0 Å². The predicted molar refractivity (Wildman–Crippen MR) is 117 cm³/mol. The van der Waals surface area contributed by atoms with Crippen molar-refractivity contribution in [1.82, 2.24) is 0 Å². The Labute approximate surface area is 161 Å². The largest absolute Gasteiger partial charge is 0.412 e. The highest BCUT2D eigenvalue weighted by Crippen LogP contribution is 2.21. The van der Waals surface area contributed by atoms with Crippen molar-refractivity contribution >= 4 is 10.8 Å². The first kappa shape index (κ1) is 22.7. The maximum absolute atomic E-state index is 2.31. The van der Waals surface area contributed by atoms with Gasteiger partial charge in [-0.1, -0.05) is 126 Å². The van der Waals surface area contributed by atoms with E-state index in [0.29, 0.717) is 0 Å². The summed E-state index contributed by atoms with van der Waals surface area (Å²) in [6.07, 6.45) is 19.8. The van der Waals surface area contributed by atoms with Crippen molar-refractivity contribution in [1.29, 1.82) is 0 Å². The summed E-state index contributed by atoms with van der Waals surface area (Å²) in [5.41, 5.74) is 1.53. The SMILES string of the molecule is CCCCCCCCCCCCCCCc1cccc2ccccc12.O. The minimum Gasteiger partial charge on any atom is -0.412 e. The maximum Gasteiger partial charge on any atom is -0.0152 e. The molecule has 0 aliphatic heterocycles. The van der Waals surface area contributed by atoms with E-state index in [9.17, 15) is 0 Å². The molecule has 1 heteroatoms. The third-order valence-corrected chi connectivity index (χ3v) is 5.43. The number of unbranched alkanes of at least 4 members (excludes halogenated alkanes) is 12. The number of aryl methyl sites for hydroxylation is 1. The van der Waals surface area contributed by atoms with Gasteiger partial charge in [-0.15, -0.1) is 0 Å². The fraction of sp³-hybridized carbons (Fsp3) is 0.600. The van der Waals surface area contributed by atoms with E-state index in [2.05, 4.69) is 49.4 Å². The molecule has 0 aliphatic carbocycles. The molecule has 0 bridgehead atoms. The first-order chi connectivity index (χ1) is 12.4. The van der Waals surface area contributed by atoms with Gasteiger partial charge in [0.2, 0.25) is 0 Å². The van der Waals surface area contributed by atoms with Gasteiger partial charge >= 0.3 is 0 Å². The fourth-order valence-electron chi connectivity index (χ4n) is 3.84. The highest BCUT2D eigenvalue weighted by Gasteiger charge is 2.00. The van der Waals surface area contributed by atoms with E-state index in [1.807, 2.05) is 0 Å². The second-order valence-corrected chi connectivity index (χ2v) is 7.63. The second-order valence-electron chi connectivity index (χ2n) is 7.63. The van der Waals surface area contributed by atoms with Gasteiger partial charge in [0.15, 0.2) is 0 Å². The molecule has 0 radical (unpaired) electrons. The summed E-state index contributed by atoms with van der Waals surface area (Å²) in [5, 5.41) is 2.83. The Hall–Kier alpha value is -1.34. The van der Waals surface area contributed by atoms with E-state index in [1.54, 1.807) is 0 Å². The van der Waals surface area contributed by atoms with Gasteiger partial charge in [0, 0.05) is 0 Å². The van der Waals surface area contributed by atoms with Gasteiger partial charge in [0.25, 0.3) is 0 Å². The first-order valence-corrected chi connectivity index (χ1v) is 10.9. The Morgan fingerprint density at radius 3 is 1.65 bits per heavy atom. The smallest absolute Gasteiger partial charge is 0.0152 e. The zero-order valence-electron chi connectivity index (χ0n) is 16.9. The molecule has 2 N–H and O–H groups in total. The van der Waals surface area contributed by atoms with Crippen molar-refractivity contribution in [3.05, 3.63) is 48.0 Å². The summed E-state index contributed by atoms with van der Waals surface area (Å²) in [4.78, 5) is 0. The highest BCUT2D eigenvalue weighted by atomic mass is 16.0. The molecule has 0 aromatic heterocycles. The molecule has 0 heterocycles. The van der Waals surface area contributed by atoms with Gasteiger partial charge in [-0.05, 0) is 29.2 Å². The number of hydrogen-bond acceptors (Lipinski definition) is 0. The van der Waals surface area contributed by atoms with Crippen LogP contribution in [-0.4, -0.2) is 5.48 Å². The average Bonchev–Trinajstić information content (AvgIpc) is 2.65. The molecular weight excluding hydrogens is 316 g/mol. The maximum atomic E-state index is 2.31. The van der Waals surface area contributed by atoms with Crippen LogP contribution >= 0.6 is 0 Å². The summed E-state index contributed by atoms with van der Waals surface area (Å²) in [7, 11) is 0. The summed E-state index contributed by atoms with van der Waals surface area (Å²) in [6, 6.07) is 15.5. The molecule has 0 aliphatic rings.